The maximum absolute atomic E-state index is 9.51. The van der Waals surface area contributed by atoms with Gasteiger partial charge in [-0.2, -0.15) is 0 Å². The molecule has 0 spiro atoms. The van der Waals surface area contributed by atoms with Gasteiger partial charge >= 0.3 is 0 Å². The van der Waals surface area contributed by atoms with E-state index in [4.69, 9.17) is 4.74 Å². The second kappa shape index (κ2) is 19.4. The Hall–Kier alpha value is -1.10. The molecule has 0 aliphatic heterocycles. The van der Waals surface area contributed by atoms with E-state index in [0.717, 1.165) is 17.7 Å². The second-order valence-electron chi connectivity index (χ2n) is 9.43. The normalized spacial score (nSPS) is 11.8. The van der Waals surface area contributed by atoms with E-state index in [1.54, 1.807) is 0 Å². The van der Waals surface area contributed by atoms with Gasteiger partial charge in [0.1, 0.15) is 5.75 Å². The largest absolute Gasteiger partial charge is 0.494 e. The number of aliphatic hydroxyl groups is 3. The zero-order valence-electron chi connectivity index (χ0n) is 20.7. The number of unbranched alkanes of at least 4 members (excludes halogenated alkanes) is 15. The highest BCUT2D eigenvalue weighted by atomic mass is 16.5. The lowest BCUT2D eigenvalue weighted by Gasteiger charge is -2.28. The summed E-state index contributed by atoms with van der Waals surface area (Å²) in [5.41, 5.74) is -0.272. The molecular weight excluding hydrogens is 400 g/mol. The lowest BCUT2D eigenvalue weighted by molar-refractivity contribution is 0.0640. The SMILES string of the molecule is CCCCCCCCCCCCCCCCCCOc1ccc(C(CO)(CO)CO)cc1. The number of benzene rings is 1. The van der Waals surface area contributed by atoms with Crippen LogP contribution in [0.1, 0.15) is 115 Å². The lowest BCUT2D eigenvalue weighted by Crippen LogP contribution is -2.38. The van der Waals surface area contributed by atoms with Gasteiger partial charge in [0.25, 0.3) is 0 Å². The van der Waals surface area contributed by atoms with Gasteiger partial charge in [-0.25, -0.2) is 0 Å². The minimum absolute atomic E-state index is 0.292. The van der Waals surface area contributed by atoms with Gasteiger partial charge in [0.05, 0.1) is 31.8 Å². The van der Waals surface area contributed by atoms with Gasteiger partial charge in [-0.05, 0) is 24.1 Å². The summed E-state index contributed by atoms with van der Waals surface area (Å²) in [6, 6.07) is 7.31. The van der Waals surface area contributed by atoms with Crippen LogP contribution in [-0.2, 0) is 5.41 Å². The molecule has 0 unspecified atom stereocenters. The molecule has 3 N–H and O–H groups in total. The minimum Gasteiger partial charge on any atom is -0.494 e. The first-order valence-electron chi connectivity index (χ1n) is 13.3. The Kier molecular flexibility index (Phi) is 17.5. The zero-order valence-corrected chi connectivity index (χ0v) is 20.7. The fourth-order valence-electron chi connectivity index (χ4n) is 4.17. The molecule has 0 aromatic heterocycles. The summed E-state index contributed by atoms with van der Waals surface area (Å²) in [5, 5.41) is 28.5. The molecule has 0 atom stereocenters. The molecular formula is C28H50O4. The smallest absolute Gasteiger partial charge is 0.119 e. The van der Waals surface area contributed by atoms with Crippen molar-refractivity contribution >= 4 is 0 Å². The Morgan fingerprint density at radius 1 is 0.562 bits per heavy atom. The van der Waals surface area contributed by atoms with Crippen molar-refractivity contribution in [3.05, 3.63) is 29.8 Å². The summed E-state index contributed by atoms with van der Waals surface area (Å²) in [7, 11) is 0. The summed E-state index contributed by atoms with van der Waals surface area (Å²) in [5.74, 6) is 0.789. The molecule has 32 heavy (non-hydrogen) atoms. The van der Waals surface area contributed by atoms with Crippen molar-refractivity contribution in [3.63, 3.8) is 0 Å². The number of aliphatic hydroxyl groups excluding tert-OH is 3. The molecule has 186 valence electrons. The molecule has 0 heterocycles. The van der Waals surface area contributed by atoms with Crippen LogP contribution in [0.25, 0.3) is 0 Å². The van der Waals surface area contributed by atoms with E-state index in [-0.39, 0.29) is 19.8 Å². The standard InChI is InChI=1S/C28H50O4/c1-2-3-4-5-6-7-8-9-10-11-12-13-14-15-16-17-22-32-27-20-18-26(19-21-27)28(23-29,24-30)25-31/h18-21,29-31H,2-17,22-25H2,1H3. The van der Waals surface area contributed by atoms with Crippen molar-refractivity contribution in [2.24, 2.45) is 0 Å². The molecule has 4 heteroatoms. The van der Waals surface area contributed by atoms with E-state index in [9.17, 15) is 15.3 Å². The molecule has 0 aliphatic carbocycles. The van der Waals surface area contributed by atoms with Crippen LogP contribution in [0.3, 0.4) is 0 Å². The maximum Gasteiger partial charge on any atom is 0.119 e. The van der Waals surface area contributed by atoms with Crippen molar-refractivity contribution in [3.8, 4) is 5.75 Å². The van der Waals surface area contributed by atoms with E-state index >= 15 is 0 Å². The van der Waals surface area contributed by atoms with Gasteiger partial charge in [-0.15, -0.1) is 0 Å². The average molecular weight is 451 g/mol. The molecule has 0 fully saturated rings. The van der Waals surface area contributed by atoms with Crippen molar-refractivity contribution in [2.45, 2.75) is 115 Å². The van der Waals surface area contributed by atoms with Crippen LogP contribution in [0.4, 0.5) is 0 Å². The summed E-state index contributed by atoms with van der Waals surface area (Å²) in [4.78, 5) is 0. The summed E-state index contributed by atoms with van der Waals surface area (Å²) >= 11 is 0. The van der Waals surface area contributed by atoms with E-state index < -0.39 is 5.41 Å². The van der Waals surface area contributed by atoms with Crippen molar-refractivity contribution in [1.29, 1.82) is 0 Å². The Morgan fingerprint density at radius 3 is 1.31 bits per heavy atom. The van der Waals surface area contributed by atoms with Gasteiger partial charge in [-0.1, -0.05) is 115 Å². The Balaban J connectivity index is 1.94. The molecule has 0 saturated heterocycles. The third kappa shape index (κ3) is 12.2. The van der Waals surface area contributed by atoms with Crippen molar-refractivity contribution in [1.82, 2.24) is 0 Å². The van der Waals surface area contributed by atoms with Crippen LogP contribution in [0, 0.1) is 0 Å². The number of hydrogen-bond donors (Lipinski definition) is 3. The Bertz CT molecular complexity index is 516. The molecule has 0 saturated carbocycles. The first-order chi connectivity index (χ1) is 15.7. The van der Waals surface area contributed by atoms with Crippen LogP contribution >= 0.6 is 0 Å². The quantitative estimate of drug-likeness (QED) is 0.175. The van der Waals surface area contributed by atoms with Gasteiger partial charge in [0, 0.05) is 0 Å². The lowest BCUT2D eigenvalue weighted by atomic mass is 9.83. The van der Waals surface area contributed by atoms with E-state index in [0.29, 0.717) is 6.61 Å². The maximum atomic E-state index is 9.51. The fraction of sp³-hybridized carbons (Fsp3) is 0.786. The first-order valence-corrected chi connectivity index (χ1v) is 13.3. The third-order valence-corrected chi connectivity index (χ3v) is 6.64. The van der Waals surface area contributed by atoms with Gasteiger partial charge < -0.3 is 20.1 Å². The van der Waals surface area contributed by atoms with Gasteiger partial charge in [0.2, 0.25) is 0 Å². The van der Waals surface area contributed by atoms with Crippen LogP contribution in [0.5, 0.6) is 5.75 Å². The zero-order chi connectivity index (χ0) is 23.3. The van der Waals surface area contributed by atoms with Gasteiger partial charge in [-0.3, -0.25) is 0 Å². The molecule has 0 aliphatic rings. The summed E-state index contributed by atoms with van der Waals surface area (Å²) in [6.45, 7) is 2.11. The molecule has 0 amide bonds. The number of rotatable bonds is 22. The highest BCUT2D eigenvalue weighted by Crippen LogP contribution is 2.25. The van der Waals surface area contributed by atoms with Crippen molar-refractivity contribution in [2.75, 3.05) is 26.4 Å². The molecule has 4 nitrogen and oxygen atoms in total. The topological polar surface area (TPSA) is 69.9 Å². The monoisotopic (exact) mass is 450 g/mol. The second-order valence-corrected chi connectivity index (χ2v) is 9.43. The third-order valence-electron chi connectivity index (χ3n) is 6.64. The highest BCUT2D eigenvalue weighted by Gasteiger charge is 2.30. The number of hydrogen-bond acceptors (Lipinski definition) is 4. The van der Waals surface area contributed by atoms with Crippen molar-refractivity contribution < 1.29 is 20.1 Å². The Labute approximate surface area is 197 Å². The predicted molar refractivity (Wildman–Crippen MR) is 134 cm³/mol. The van der Waals surface area contributed by atoms with E-state index in [1.165, 1.54) is 96.3 Å². The highest BCUT2D eigenvalue weighted by molar-refractivity contribution is 5.33. The molecule has 1 aromatic rings. The van der Waals surface area contributed by atoms with Gasteiger partial charge in [0.15, 0.2) is 0 Å². The molecule has 1 rings (SSSR count). The average Bonchev–Trinajstić information content (AvgIpc) is 2.83. The van der Waals surface area contributed by atoms with E-state index in [1.807, 2.05) is 24.3 Å². The fourth-order valence-corrected chi connectivity index (χ4v) is 4.17. The van der Waals surface area contributed by atoms with Crippen LogP contribution < -0.4 is 4.74 Å². The number of ether oxygens (including phenoxy) is 1. The summed E-state index contributed by atoms with van der Waals surface area (Å²) in [6.07, 6.45) is 21.8. The van der Waals surface area contributed by atoms with Crippen LogP contribution in [-0.4, -0.2) is 41.7 Å². The minimum atomic E-state index is -0.994. The molecule has 0 bridgehead atoms. The Morgan fingerprint density at radius 2 is 0.938 bits per heavy atom. The summed E-state index contributed by atoms with van der Waals surface area (Å²) < 4.78 is 5.81. The van der Waals surface area contributed by atoms with Crippen LogP contribution in [0.2, 0.25) is 0 Å². The molecule has 0 radical (unpaired) electrons. The first kappa shape index (κ1) is 28.9. The molecule has 1 aromatic carbocycles. The van der Waals surface area contributed by atoms with E-state index in [2.05, 4.69) is 6.92 Å². The van der Waals surface area contributed by atoms with Crippen LogP contribution in [0.15, 0.2) is 24.3 Å². The predicted octanol–water partition coefficient (Wildman–Crippen LogP) is 6.54.